The lowest BCUT2D eigenvalue weighted by atomic mass is 10.2. The molecular formula is C14H17ClN4O3S3. The van der Waals surface area contributed by atoms with Crippen LogP contribution in [-0.2, 0) is 14.8 Å². The van der Waals surface area contributed by atoms with Crippen molar-refractivity contribution in [3.8, 4) is 0 Å². The van der Waals surface area contributed by atoms with Crippen LogP contribution < -0.4 is 9.62 Å². The van der Waals surface area contributed by atoms with Gasteiger partial charge in [-0.2, -0.15) is 0 Å². The maximum atomic E-state index is 12.5. The number of anilines is 2. The largest absolute Gasteiger partial charge is 0.299 e. The summed E-state index contributed by atoms with van der Waals surface area (Å²) >= 11 is 8.60. The van der Waals surface area contributed by atoms with E-state index in [0.717, 1.165) is 20.7 Å². The minimum absolute atomic E-state index is 0.331. The number of carbonyl (C=O) groups excluding carboxylic acids is 1. The minimum Gasteiger partial charge on any atom is -0.299 e. The highest BCUT2D eigenvalue weighted by Crippen LogP contribution is 2.26. The number of rotatable bonds is 7. The van der Waals surface area contributed by atoms with E-state index in [1.165, 1.54) is 30.0 Å². The van der Waals surface area contributed by atoms with Crippen molar-refractivity contribution in [2.75, 3.05) is 21.6 Å². The lowest BCUT2D eigenvalue weighted by Crippen LogP contribution is -2.45. The third-order valence-corrected chi connectivity index (χ3v) is 6.42. The van der Waals surface area contributed by atoms with Crippen LogP contribution in [0.4, 0.5) is 10.8 Å². The highest BCUT2D eigenvalue weighted by atomic mass is 35.5. The van der Waals surface area contributed by atoms with Crippen molar-refractivity contribution in [1.82, 2.24) is 10.2 Å². The zero-order valence-corrected chi connectivity index (χ0v) is 17.0. The first-order chi connectivity index (χ1) is 11.7. The van der Waals surface area contributed by atoms with E-state index in [1.54, 1.807) is 24.3 Å². The first-order valence-electron chi connectivity index (χ1n) is 7.24. The summed E-state index contributed by atoms with van der Waals surface area (Å²) < 4.78 is 26.2. The molecule has 0 unspecified atom stereocenters. The van der Waals surface area contributed by atoms with Crippen molar-refractivity contribution in [3.63, 3.8) is 0 Å². The van der Waals surface area contributed by atoms with E-state index in [9.17, 15) is 13.2 Å². The number of nitrogens with one attached hydrogen (secondary N) is 1. The van der Waals surface area contributed by atoms with Crippen LogP contribution >= 0.6 is 34.7 Å². The monoisotopic (exact) mass is 420 g/mol. The van der Waals surface area contributed by atoms with Crippen molar-refractivity contribution in [2.24, 2.45) is 0 Å². The van der Waals surface area contributed by atoms with E-state index >= 15 is 0 Å². The Kier molecular flexibility index (Phi) is 6.66. The standard InChI is InChI=1S/C14H17ClN4O3S3/c1-4-23-14-18-17-13(24-14)16-12(20)9(2)19(25(3,21)22)11-7-5-10(15)6-8-11/h5-9H,4H2,1-3H3,(H,16,17,20)/t9-/m0/s1. The van der Waals surface area contributed by atoms with Crippen molar-refractivity contribution in [2.45, 2.75) is 24.2 Å². The summed E-state index contributed by atoms with van der Waals surface area (Å²) in [6.07, 6.45) is 1.05. The highest BCUT2D eigenvalue weighted by molar-refractivity contribution is 8.01. The molecule has 1 aromatic carbocycles. The molecule has 7 nitrogen and oxygen atoms in total. The number of nitrogens with zero attached hydrogens (tertiary/aromatic N) is 3. The maximum absolute atomic E-state index is 12.5. The van der Waals surface area contributed by atoms with E-state index < -0.39 is 22.0 Å². The van der Waals surface area contributed by atoms with E-state index in [-0.39, 0.29) is 0 Å². The van der Waals surface area contributed by atoms with Crippen molar-refractivity contribution in [3.05, 3.63) is 29.3 Å². The van der Waals surface area contributed by atoms with E-state index in [0.29, 0.717) is 15.8 Å². The normalized spacial score (nSPS) is 12.6. The van der Waals surface area contributed by atoms with Gasteiger partial charge in [0.15, 0.2) is 4.34 Å². The van der Waals surface area contributed by atoms with Gasteiger partial charge in [-0.15, -0.1) is 10.2 Å². The van der Waals surface area contributed by atoms with Crippen molar-refractivity contribution >= 4 is 61.4 Å². The first kappa shape index (κ1) is 20.0. The second kappa shape index (κ2) is 8.35. The van der Waals surface area contributed by atoms with Crippen LogP contribution in [0.2, 0.25) is 5.02 Å². The van der Waals surface area contributed by atoms with Crippen LogP contribution in [0.25, 0.3) is 0 Å². The van der Waals surface area contributed by atoms with E-state index in [1.807, 2.05) is 6.92 Å². The molecule has 25 heavy (non-hydrogen) atoms. The topological polar surface area (TPSA) is 92.3 Å². The Morgan fingerprint density at radius 3 is 2.56 bits per heavy atom. The number of thioether (sulfide) groups is 1. The van der Waals surface area contributed by atoms with Gasteiger partial charge in [-0.3, -0.25) is 14.4 Å². The van der Waals surface area contributed by atoms with Crippen LogP contribution in [0.5, 0.6) is 0 Å². The lowest BCUT2D eigenvalue weighted by molar-refractivity contribution is -0.116. The van der Waals surface area contributed by atoms with Gasteiger partial charge in [0.1, 0.15) is 6.04 Å². The SMILES string of the molecule is CCSc1nnc(NC(=O)[C@H](C)N(c2ccc(Cl)cc2)S(C)(=O)=O)s1. The molecule has 0 spiro atoms. The van der Waals surface area contributed by atoms with Gasteiger partial charge < -0.3 is 0 Å². The van der Waals surface area contributed by atoms with Crippen LogP contribution in [0.1, 0.15) is 13.8 Å². The molecule has 136 valence electrons. The molecule has 11 heteroatoms. The zero-order chi connectivity index (χ0) is 18.6. The molecule has 1 N–H and O–H groups in total. The molecule has 2 rings (SSSR count). The summed E-state index contributed by atoms with van der Waals surface area (Å²) in [5, 5.41) is 11.3. The summed E-state index contributed by atoms with van der Waals surface area (Å²) in [7, 11) is -3.68. The van der Waals surface area contributed by atoms with Gasteiger partial charge in [0.2, 0.25) is 21.1 Å². The van der Waals surface area contributed by atoms with Crippen molar-refractivity contribution < 1.29 is 13.2 Å². The fraction of sp³-hybridized carbons (Fsp3) is 0.357. The van der Waals surface area contributed by atoms with Gasteiger partial charge in [0.05, 0.1) is 11.9 Å². The minimum atomic E-state index is -3.68. The second-order valence-corrected chi connectivity index (χ2v) is 9.79. The Balaban J connectivity index is 2.21. The molecule has 1 amide bonds. The predicted molar refractivity (Wildman–Crippen MR) is 103 cm³/mol. The second-order valence-electron chi connectivity index (χ2n) is 5.01. The number of hydrogen-bond donors (Lipinski definition) is 1. The van der Waals surface area contributed by atoms with Crippen LogP contribution in [-0.4, -0.2) is 42.6 Å². The molecule has 1 heterocycles. The molecule has 0 saturated heterocycles. The van der Waals surface area contributed by atoms with Crippen molar-refractivity contribution in [1.29, 1.82) is 0 Å². The molecule has 2 aromatic rings. The fourth-order valence-corrected chi connectivity index (χ4v) is 5.00. The zero-order valence-electron chi connectivity index (χ0n) is 13.8. The van der Waals surface area contributed by atoms with Crippen LogP contribution in [0, 0.1) is 0 Å². The molecule has 1 atom stereocenters. The molecule has 0 radical (unpaired) electrons. The Hall–Kier alpha value is -1.36. The summed E-state index contributed by atoms with van der Waals surface area (Å²) in [4.78, 5) is 12.5. The number of sulfonamides is 1. The molecule has 0 aliphatic carbocycles. The Bertz CT molecular complexity index is 839. The Morgan fingerprint density at radius 2 is 2.00 bits per heavy atom. The quantitative estimate of drug-likeness (QED) is 0.546. The smallest absolute Gasteiger partial charge is 0.249 e. The number of benzene rings is 1. The number of halogens is 1. The van der Waals surface area contributed by atoms with Gasteiger partial charge in [0, 0.05) is 5.02 Å². The number of hydrogen-bond acceptors (Lipinski definition) is 7. The van der Waals surface area contributed by atoms with Gasteiger partial charge in [-0.1, -0.05) is 41.6 Å². The number of carbonyl (C=O) groups is 1. The predicted octanol–water partition coefficient (Wildman–Crippen LogP) is 3.10. The molecule has 0 aliphatic rings. The third-order valence-electron chi connectivity index (χ3n) is 3.07. The summed E-state index contributed by atoms with van der Waals surface area (Å²) in [5.41, 5.74) is 0.356. The lowest BCUT2D eigenvalue weighted by Gasteiger charge is -2.27. The Morgan fingerprint density at radius 1 is 1.36 bits per heavy atom. The average molecular weight is 421 g/mol. The van der Waals surface area contributed by atoms with Gasteiger partial charge in [-0.25, -0.2) is 8.42 Å². The average Bonchev–Trinajstić information content (AvgIpc) is 2.95. The summed E-state index contributed by atoms with van der Waals surface area (Å²) in [5.74, 6) is 0.349. The molecule has 0 saturated carbocycles. The molecule has 0 aliphatic heterocycles. The first-order valence-corrected chi connectivity index (χ1v) is 11.3. The van der Waals surface area contributed by atoms with Crippen LogP contribution in [0.3, 0.4) is 0 Å². The van der Waals surface area contributed by atoms with E-state index in [4.69, 9.17) is 11.6 Å². The highest BCUT2D eigenvalue weighted by Gasteiger charge is 2.29. The van der Waals surface area contributed by atoms with Gasteiger partial charge in [0.25, 0.3) is 0 Å². The van der Waals surface area contributed by atoms with Gasteiger partial charge >= 0.3 is 0 Å². The molecule has 1 aromatic heterocycles. The molecule has 0 bridgehead atoms. The molecule has 0 fully saturated rings. The van der Waals surface area contributed by atoms with Gasteiger partial charge in [-0.05, 0) is 36.9 Å². The molecular weight excluding hydrogens is 404 g/mol. The fourth-order valence-electron chi connectivity index (χ4n) is 2.05. The van der Waals surface area contributed by atoms with Crippen LogP contribution in [0.15, 0.2) is 28.6 Å². The van der Waals surface area contributed by atoms with E-state index in [2.05, 4.69) is 15.5 Å². The summed E-state index contributed by atoms with van der Waals surface area (Å²) in [6.45, 7) is 3.50. The Labute approximate surface area is 159 Å². The summed E-state index contributed by atoms with van der Waals surface area (Å²) in [6, 6.07) is 5.27. The number of aromatic nitrogens is 2. The third kappa shape index (κ3) is 5.30. The maximum Gasteiger partial charge on any atom is 0.249 e. The number of amides is 1.